The Balaban J connectivity index is 2.09. The van der Waals surface area contributed by atoms with Crippen molar-refractivity contribution in [3.63, 3.8) is 0 Å². The second-order valence-corrected chi connectivity index (χ2v) is 5.99. The number of esters is 1. The van der Waals surface area contributed by atoms with Gasteiger partial charge >= 0.3 is 5.97 Å². The number of halogens is 2. The van der Waals surface area contributed by atoms with Crippen LogP contribution in [0.1, 0.15) is 25.9 Å². The van der Waals surface area contributed by atoms with Gasteiger partial charge in [-0.05, 0) is 35.8 Å². The first-order valence-electron chi connectivity index (χ1n) is 5.53. The summed E-state index contributed by atoms with van der Waals surface area (Å²) in [6.07, 6.45) is 0. The Morgan fingerprint density at radius 2 is 2.21 bits per heavy atom. The van der Waals surface area contributed by atoms with E-state index in [0.717, 1.165) is 5.01 Å². The van der Waals surface area contributed by atoms with Crippen molar-refractivity contribution in [1.82, 2.24) is 4.98 Å². The third-order valence-corrected chi connectivity index (χ3v) is 4.14. The summed E-state index contributed by atoms with van der Waals surface area (Å²) in [5.74, 6) is -0.880. The van der Waals surface area contributed by atoms with Crippen LogP contribution in [0.3, 0.4) is 0 Å². The van der Waals surface area contributed by atoms with Gasteiger partial charge in [0, 0.05) is 5.56 Å². The van der Waals surface area contributed by atoms with Gasteiger partial charge in [0.25, 0.3) is 0 Å². The maximum absolute atomic E-state index is 13.7. The van der Waals surface area contributed by atoms with Crippen molar-refractivity contribution in [2.75, 3.05) is 0 Å². The molecule has 0 bridgehead atoms. The highest BCUT2D eigenvalue weighted by Crippen LogP contribution is 2.21. The summed E-state index contributed by atoms with van der Waals surface area (Å²) >= 11 is 4.37. The molecule has 2 aromatic rings. The van der Waals surface area contributed by atoms with E-state index in [1.165, 1.54) is 11.3 Å². The Labute approximate surface area is 122 Å². The van der Waals surface area contributed by atoms with Gasteiger partial charge < -0.3 is 4.74 Å². The van der Waals surface area contributed by atoms with E-state index < -0.39 is 11.8 Å². The molecule has 100 valence electrons. The fraction of sp³-hybridized carbons (Fsp3) is 0.231. The summed E-state index contributed by atoms with van der Waals surface area (Å²) in [6.45, 7) is 3.47. The number of hydrogen-bond acceptors (Lipinski definition) is 4. The first-order chi connectivity index (χ1) is 8.99. The van der Waals surface area contributed by atoms with E-state index in [9.17, 15) is 9.18 Å². The molecule has 1 aromatic carbocycles. The van der Waals surface area contributed by atoms with Crippen LogP contribution in [-0.4, -0.2) is 11.0 Å². The summed E-state index contributed by atoms with van der Waals surface area (Å²) in [6, 6.07) is 4.87. The van der Waals surface area contributed by atoms with Gasteiger partial charge in [-0.1, -0.05) is 12.1 Å². The molecule has 0 radical (unpaired) electrons. The molecule has 0 amide bonds. The number of thiazole rings is 1. The van der Waals surface area contributed by atoms with Crippen LogP contribution in [0.25, 0.3) is 0 Å². The summed E-state index contributed by atoms with van der Waals surface area (Å²) in [7, 11) is 0. The molecule has 0 aliphatic carbocycles. The average Bonchev–Trinajstić information content (AvgIpc) is 2.70. The number of benzene rings is 1. The molecule has 0 atom stereocenters. The zero-order valence-corrected chi connectivity index (χ0v) is 12.8. The molecule has 0 saturated carbocycles. The second kappa shape index (κ2) is 5.79. The lowest BCUT2D eigenvalue weighted by molar-refractivity contribution is 0.0473. The summed E-state index contributed by atoms with van der Waals surface area (Å²) in [5.41, 5.74) is 0.976. The van der Waals surface area contributed by atoms with E-state index in [1.807, 2.05) is 6.92 Å². The molecule has 0 saturated heterocycles. The second-order valence-electron chi connectivity index (χ2n) is 3.94. The Bertz CT molecular complexity index is 627. The Morgan fingerprint density at radius 3 is 2.84 bits per heavy atom. The van der Waals surface area contributed by atoms with Gasteiger partial charge in [0.15, 0.2) is 0 Å². The Morgan fingerprint density at radius 1 is 1.47 bits per heavy atom. The minimum absolute atomic E-state index is 0.0967. The third kappa shape index (κ3) is 3.19. The predicted octanol–water partition coefficient (Wildman–Crippen LogP) is 4.02. The summed E-state index contributed by atoms with van der Waals surface area (Å²) < 4.78 is 19.2. The zero-order valence-electron chi connectivity index (χ0n) is 10.4. The van der Waals surface area contributed by atoms with Crippen LogP contribution in [0.15, 0.2) is 22.7 Å². The Kier molecular flexibility index (Phi) is 4.31. The van der Waals surface area contributed by atoms with E-state index in [-0.39, 0.29) is 6.61 Å². The standard InChI is InChI=1S/C13H11BrFNO2S/c1-7-12(19-8(2)16-7)13(17)18-6-9-4-3-5-10(14)11(9)15/h3-5H,6H2,1-2H3. The molecule has 0 aliphatic heterocycles. The van der Waals surface area contributed by atoms with Gasteiger partial charge in [-0.3, -0.25) is 0 Å². The van der Waals surface area contributed by atoms with Crippen molar-refractivity contribution in [1.29, 1.82) is 0 Å². The SMILES string of the molecule is Cc1nc(C)c(C(=O)OCc2cccc(Br)c2F)s1. The highest BCUT2D eigenvalue weighted by atomic mass is 79.9. The van der Waals surface area contributed by atoms with E-state index in [0.29, 0.717) is 20.6 Å². The number of aromatic nitrogens is 1. The van der Waals surface area contributed by atoms with Gasteiger partial charge in [-0.25, -0.2) is 14.2 Å². The fourth-order valence-corrected chi connectivity index (χ4v) is 2.81. The summed E-state index contributed by atoms with van der Waals surface area (Å²) in [5, 5.41) is 0.804. The van der Waals surface area contributed by atoms with Crippen LogP contribution in [-0.2, 0) is 11.3 Å². The molecular formula is C13H11BrFNO2S. The van der Waals surface area contributed by atoms with Crippen molar-refractivity contribution in [2.24, 2.45) is 0 Å². The lowest BCUT2D eigenvalue weighted by atomic mass is 10.2. The minimum Gasteiger partial charge on any atom is -0.456 e. The molecule has 1 heterocycles. The van der Waals surface area contributed by atoms with Gasteiger partial charge in [-0.2, -0.15) is 0 Å². The monoisotopic (exact) mass is 343 g/mol. The average molecular weight is 344 g/mol. The van der Waals surface area contributed by atoms with Gasteiger partial charge in [-0.15, -0.1) is 11.3 Å². The maximum atomic E-state index is 13.7. The van der Waals surface area contributed by atoms with Crippen LogP contribution in [0.2, 0.25) is 0 Å². The quantitative estimate of drug-likeness (QED) is 0.790. The molecule has 6 heteroatoms. The molecular weight excluding hydrogens is 333 g/mol. The number of carbonyl (C=O) groups is 1. The smallest absolute Gasteiger partial charge is 0.350 e. The van der Waals surface area contributed by atoms with Gasteiger partial charge in [0.1, 0.15) is 17.3 Å². The number of aryl methyl sites for hydroxylation is 2. The summed E-state index contributed by atoms with van der Waals surface area (Å²) in [4.78, 5) is 16.5. The number of ether oxygens (including phenoxy) is 1. The van der Waals surface area contributed by atoms with Crippen LogP contribution >= 0.6 is 27.3 Å². The van der Waals surface area contributed by atoms with Crippen LogP contribution in [0, 0.1) is 19.7 Å². The van der Waals surface area contributed by atoms with E-state index in [4.69, 9.17) is 4.74 Å². The van der Waals surface area contributed by atoms with E-state index in [1.54, 1.807) is 25.1 Å². The number of carbonyl (C=O) groups excluding carboxylic acids is 1. The number of nitrogens with zero attached hydrogens (tertiary/aromatic N) is 1. The molecule has 0 fully saturated rings. The molecule has 0 aliphatic rings. The fourth-order valence-electron chi connectivity index (χ4n) is 1.59. The van der Waals surface area contributed by atoms with Crippen molar-refractivity contribution < 1.29 is 13.9 Å². The van der Waals surface area contributed by atoms with Crippen molar-refractivity contribution >= 4 is 33.2 Å². The van der Waals surface area contributed by atoms with Crippen molar-refractivity contribution in [3.05, 3.63) is 49.6 Å². The molecule has 3 nitrogen and oxygen atoms in total. The lowest BCUT2D eigenvalue weighted by Gasteiger charge is -2.06. The topological polar surface area (TPSA) is 39.2 Å². The van der Waals surface area contributed by atoms with E-state index >= 15 is 0 Å². The molecule has 0 unspecified atom stereocenters. The number of rotatable bonds is 3. The highest BCUT2D eigenvalue weighted by Gasteiger charge is 2.16. The minimum atomic E-state index is -0.470. The molecule has 19 heavy (non-hydrogen) atoms. The van der Waals surface area contributed by atoms with Crippen molar-refractivity contribution in [3.8, 4) is 0 Å². The van der Waals surface area contributed by atoms with E-state index in [2.05, 4.69) is 20.9 Å². The Hall–Kier alpha value is -1.27. The molecule has 0 N–H and O–H groups in total. The van der Waals surface area contributed by atoms with Gasteiger partial charge in [0.05, 0.1) is 15.2 Å². The zero-order chi connectivity index (χ0) is 14.0. The largest absolute Gasteiger partial charge is 0.456 e. The molecule has 0 spiro atoms. The predicted molar refractivity (Wildman–Crippen MR) is 74.8 cm³/mol. The first-order valence-corrected chi connectivity index (χ1v) is 7.14. The van der Waals surface area contributed by atoms with Crippen molar-refractivity contribution in [2.45, 2.75) is 20.5 Å². The lowest BCUT2D eigenvalue weighted by Crippen LogP contribution is -2.06. The number of hydrogen-bond donors (Lipinski definition) is 0. The maximum Gasteiger partial charge on any atom is 0.350 e. The van der Waals surface area contributed by atoms with Crippen LogP contribution in [0.4, 0.5) is 4.39 Å². The van der Waals surface area contributed by atoms with Gasteiger partial charge in [0.2, 0.25) is 0 Å². The highest BCUT2D eigenvalue weighted by molar-refractivity contribution is 9.10. The first kappa shape index (κ1) is 14.1. The van der Waals surface area contributed by atoms with Crippen LogP contribution in [0.5, 0.6) is 0 Å². The third-order valence-electron chi connectivity index (χ3n) is 2.48. The van der Waals surface area contributed by atoms with Crippen LogP contribution < -0.4 is 0 Å². The molecule has 1 aromatic heterocycles. The normalized spacial score (nSPS) is 10.5. The molecule has 2 rings (SSSR count).